The molecule has 1 atom stereocenters. The SMILES string of the molecule is COc1cccc(Cl)c1CN[C@@H](C)C1CCS(=O)(=O)CC1. The summed E-state index contributed by atoms with van der Waals surface area (Å²) in [5, 5.41) is 4.13. The summed E-state index contributed by atoms with van der Waals surface area (Å²) in [6.45, 7) is 2.72. The molecule has 0 amide bonds. The average molecular weight is 332 g/mol. The summed E-state index contributed by atoms with van der Waals surface area (Å²) in [6.07, 6.45) is 1.46. The molecule has 1 heterocycles. The molecule has 0 aromatic heterocycles. The molecule has 0 saturated carbocycles. The number of sulfone groups is 1. The van der Waals surface area contributed by atoms with Crippen LogP contribution in [0.1, 0.15) is 25.3 Å². The van der Waals surface area contributed by atoms with Crippen molar-refractivity contribution in [3.8, 4) is 5.75 Å². The molecule has 4 nitrogen and oxygen atoms in total. The number of methoxy groups -OCH3 is 1. The quantitative estimate of drug-likeness (QED) is 0.901. The van der Waals surface area contributed by atoms with Gasteiger partial charge in [-0.3, -0.25) is 0 Å². The zero-order chi connectivity index (χ0) is 15.5. The van der Waals surface area contributed by atoms with Crippen molar-refractivity contribution >= 4 is 21.4 Å². The highest BCUT2D eigenvalue weighted by Crippen LogP contribution is 2.27. The van der Waals surface area contributed by atoms with Crippen LogP contribution in [0.25, 0.3) is 0 Å². The van der Waals surface area contributed by atoms with E-state index < -0.39 is 9.84 Å². The van der Waals surface area contributed by atoms with Crippen LogP contribution in [0.4, 0.5) is 0 Å². The van der Waals surface area contributed by atoms with E-state index in [1.165, 1.54) is 0 Å². The third-order valence-electron chi connectivity index (χ3n) is 4.20. The number of ether oxygens (including phenoxy) is 1. The van der Waals surface area contributed by atoms with Crippen LogP contribution in [0.5, 0.6) is 5.75 Å². The summed E-state index contributed by atoms with van der Waals surface area (Å²) in [4.78, 5) is 0. The van der Waals surface area contributed by atoms with Crippen molar-refractivity contribution in [2.24, 2.45) is 5.92 Å². The lowest BCUT2D eigenvalue weighted by Crippen LogP contribution is -2.38. The van der Waals surface area contributed by atoms with Crippen LogP contribution in [0.3, 0.4) is 0 Å². The average Bonchev–Trinajstić information content (AvgIpc) is 2.45. The van der Waals surface area contributed by atoms with Crippen molar-refractivity contribution in [3.63, 3.8) is 0 Å². The second kappa shape index (κ2) is 6.99. The molecule has 0 bridgehead atoms. The fourth-order valence-corrected chi connectivity index (χ4v) is 4.50. The largest absolute Gasteiger partial charge is 0.496 e. The number of rotatable bonds is 5. The lowest BCUT2D eigenvalue weighted by atomic mass is 9.95. The van der Waals surface area contributed by atoms with Gasteiger partial charge in [0.15, 0.2) is 0 Å². The lowest BCUT2D eigenvalue weighted by Gasteiger charge is -2.28. The number of nitrogens with one attached hydrogen (secondary N) is 1. The van der Waals surface area contributed by atoms with Crippen LogP contribution in [-0.2, 0) is 16.4 Å². The van der Waals surface area contributed by atoms with Gasteiger partial charge in [0.1, 0.15) is 15.6 Å². The van der Waals surface area contributed by atoms with Crippen LogP contribution in [0.15, 0.2) is 18.2 Å². The van der Waals surface area contributed by atoms with Gasteiger partial charge < -0.3 is 10.1 Å². The topological polar surface area (TPSA) is 55.4 Å². The Kier molecular flexibility index (Phi) is 5.52. The Morgan fingerprint density at radius 3 is 2.67 bits per heavy atom. The first-order valence-corrected chi connectivity index (χ1v) is 9.38. The van der Waals surface area contributed by atoms with Crippen molar-refractivity contribution in [2.45, 2.75) is 32.4 Å². The molecule has 1 aliphatic heterocycles. The summed E-state index contributed by atoms with van der Waals surface area (Å²) in [7, 11) is -1.17. The van der Waals surface area contributed by atoms with Gasteiger partial charge >= 0.3 is 0 Å². The maximum Gasteiger partial charge on any atom is 0.150 e. The van der Waals surface area contributed by atoms with E-state index in [2.05, 4.69) is 12.2 Å². The molecule has 1 N–H and O–H groups in total. The van der Waals surface area contributed by atoms with E-state index in [1.807, 2.05) is 18.2 Å². The number of hydrogen-bond donors (Lipinski definition) is 1. The molecule has 1 aliphatic rings. The third-order valence-corrected chi connectivity index (χ3v) is 6.27. The fraction of sp³-hybridized carbons (Fsp3) is 0.600. The van der Waals surface area contributed by atoms with Crippen LogP contribution in [-0.4, -0.2) is 33.1 Å². The minimum absolute atomic E-state index is 0.251. The lowest BCUT2D eigenvalue weighted by molar-refractivity contribution is 0.341. The monoisotopic (exact) mass is 331 g/mol. The van der Waals surface area contributed by atoms with Crippen LogP contribution in [0.2, 0.25) is 5.02 Å². The minimum atomic E-state index is -2.80. The highest BCUT2D eigenvalue weighted by molar-refractivity contribution is 7.91. The van der Waals surface area contributed by atoms with Crippen molar-refractivity contribution in [2.75, 3.05) is 18.6 Å². The molecule has 2 rings (SSSR count). The molecule has 0 aliphatic carbocycles. The number of hydrogen-bond acceptors (Lipinski definition) is 4. The molecule has 1 fully saturated rings. The van der Waals surface area contributed by atoms with E-state index >= 15 is 0 Å². The molecular formula is C15H22ClNO3S. The Morgan fingerprint density at radius 2 is 2.05 bits per heavy atom. The van der Waals surface area contributed by atoms with E-state index in [0.29, 0.717) is 29.0 Å². The van der Waals surface area contributed by atoms with Gasteiger partial charge in [-0.1, -0.05) is 17.7 Å². The maximum absolute atomic E-state index is 11.5. The summed E-state index contributed by atoms with van der Waals surface area (Å²) in [6, 6.07) is 5.85. The molecule has 1 aromatic rings. The Morgan fingerprint density at radius 1 is 1.38 bits per heavy atom. The zero-order valence-corrected chi connectivity index (χ0v) is 14.0. The first kappa shape index (κ1) is 16.6. The van der Waals surface area contributed by atoms with Crippen molar-refractivity contribution in [3.05, 3.63) is 28.8 Å². The highest BCUT2D eigenvalue weighted by atomic mass is 35.5. The summed E-state index contributed by atoms with van der Waals surface area (Å²) < 4.78 is 28.3. The summed E-state index contributed by atoms with van der Waals surface area (Å²) in [5.74, 6) is 1.77. The maximum atomic E-state index is 11.5. The Balaban J connectivity index is 1.94. The Bertz CT molecular complexity index is 575. The van der Waals surface area contributed by atoms with Gasteiger partial charge in [0.05, 0.1) is 18.6 Å². The standard InChI is InChI=1S/C15H22ClNO3S/c1-11(12-6-8-21(18,19)9-7-12)17-10-13-14(16)4-3-5-15(13)20-2/h3-5,11-12,17H,6-10H2,1-2H3/t11-/m0/s1. The molecule has 21 heavy (non-hydrogen) atoms. The van der Waals surface area contributed by atoms with E-state index in [9.17, 15) is 8.42 Å². The molecule has 0 radical (unpaired) electrons. The van der Waals surface area contributed by atoms with E-state index in [-0.39, 0.29) is 6.04 Å². The molecule has 6 heteroatoms. The van der Waals surface area contributed by atoms with E-state index in [4.69, 9.17) is 16.3 Å². The second-order valence-electron chi connectivity index (χ2n) is 5.58. The van der Waals surface area contributed by atoms with Crippen molar-refractivity contribution < 1.29 is 13.2 Å². The smallest absolute Gasteiger partial charge is 0.150 e. The number of benzene rings is 1. The van der Waals surface area contributed by atoms with Crippen LogP contribution < -0.4 is 10.1 Å². The predicted molar refractivity (Wildman–Crippen MR) is 85.7 cm³/mol. The molecular weight excluding hydrogens is 310 g/mol. The Hall–Kier alpha value is -0.780. The predicted octanol–water partition coefficient (Wildman–Crippen LogP) is 2.65. The second-order valence-corrected chi connectivity index (χ2v) is 8.29. The summed E-state index contributed by atoms with van der Waals surface area (Å²) >= 11 is 6.22. The highest BCUT2D eigenvalue weighted by Gasteiger charge is 2.27. The molecule has 1 saturated heterocycles. The van der Waals surface area contributed by atoms with E-state index in [0.717, 1.165) is 24.2 Å². The van der Waals surface area contributed by atoms with Gasteiger partial charge in [0.2, 0.25) is 0 Å². The van der Waals surface area contributed by atoms with E-state index in [1.54, 1.807) is 7.11 Å². The molecule has 0 unspecified atom stereocenters. The first-order valence-electron chi connectivity index (χ1n) is 7.18. The van der Waals surface area contributed by atoms with Crippen molar-refractivity contribution in [1.82, 2.24) is 5.32 Å². The fourth-order valence-electron chi connectivity index (χ4n) is 2.74. The number of halogens is 1. The van der Waals surface area contributed by atoms with Gasteiger partial charge in [-0.25, -0.2) is 8.42 Å². The Labute approximate surface area is 131 Å². The van der Waals surface area contributed by atoms with Crippen LogP contribution >= 0.6 is 11.6 Å². The summed E-state index contributed by atoms with van der Waals surface area (Å²) in [5.41, 5.74) is 0.942. The molecule has 0 spiro atoms. The normalized spacial score (nSPS) is 20.1. The van der Waals surface area contributed by atoms with Gasteiger partial charge in [-0.2, -0.15) is 0 Å². The zero-order valence-electron chi connectivity index (χ0n) is 12.4. The van der Waals surface area contributed by atoms with Gasteiger partial charge in [-0.15, -0.1) is 0 Å². The minimum Gasteiger partial charge on any atom is -0.496 e. The third kappa shape index (κ3) is 4.34. The van der Waals surface area contributed by atoms with Gasteiger partial charge in [-0.05, 0) is 37.8 Å². The molecule has 118 valence electrons. The van der Waals surface area contributed by atoms with Crippen molar-refractivity contribution in [1.29, 1.82) is 0 Å². The van der Waals surface area contributed by atoms with Gasteiger partial charge in [0, 0.05) is 23.2 Å². The molecule has 1 aromatic carbocycles. The van der Waals surface area contributed by atoms with Gasteiger partial charge in [0.25, 0.3) is 0 Å². The first-order chi connectivity index (χ1) is 9.93. The van der Waals surface area contributed by atoms with Crippen LogP contribution in [0, 0.1) is 5.92 Å².